The Balaban J connectivity index is 0. The van der Waals surface area contributed by atoms with E-state index < -0.39 is 0 Å². The molecule has 0 radical (unpaired) electrons. The van der Waals surface area contributed by atoms with Crippen molar-refractivity contribution in [3.63, 3.8) is 0 Å². The summed E-state index contributed by atoms with van der Waals surface area (Å²) in [4.78, 5) is 0. The van der Waals surface area contributed by atoms with Gasteiger partial charge in [0, 0.05) is 0 Å². The van der Waals surface area contributed by atoms with Gasteiger partial charge in [0.15, 0.2) is 0 Å². The van der Waals surface area contributed by atoms with E-state index in [0.29, 0.717) is 11.8 Å². The fraction of sp³-hybridized carbons (Fsp3) is 0.423. The van der Waals surface area contributed by atoms with Crippen molar-refractivity contribution in [2.45, 2.75) is 62.3 Å². The topological polar surface area (TPSA) is 0 Å². The van der Waals surface area contributed by atoms with Crippen LogP contribution < -0.4 is 0 Å². The van der Waals surface area contributed by atoms with Gasteiger partial charge < -0.3 is 0 Å². The monoisotopic (exact) mass is 508 g/mol. The van der Waals surface area contributed by atoms with Crippen LogP contribution in [0, 0.1) is 30.9 Å². The van der Waals surface area contributed by atoms with Crippen molar-refractivity contribution in [2.24, 2.45) is 11.8 Å². The molecule has 0 saturated heterocycles. The average Bonchev–Trinajstić information content (AvgIpc) is 3.00. The summed E-state index contributed by atoms with van der Waals surface area (Å²) < 4.78 is 2.21. The van der Waals surface area contributed by atoms with E-state index in [4.69, 9.17) is 0 Å². The minimum Gasteiger partial charge on any atom is -0.147 e. The van der Waals surface area contributed by atoms with Crippen LogP contribution in [-0.4, -0.2) is 3.71 Å². The van der Waals surface area contributed by atoms with Gasteiger partial charge in [0.25, 0.3) is 0 Å². The van der Waals surface area contributed by atoms with E-state index in [2.05, 4.69) is 102 Å². The number of rotatable bonds is 1. The largest absolute Gasteiger partial charge is 0.147 e. The molecule has 0 amide bonds. The first-order valence-corrected chi connectivity index (χ1v) is 11.1. The molecule has 2 aliphatic carbocycles. The molecule has 2 aliphatic rings. The number of halogens is 2. The maximum absolute atomic E-state index is 3.36. The van der Waals surface area contributed by atoms with E-state index in [-0.39, 0.29) is 24.8 Å². The Labute approximate surface area is 206 Å². The summed E-state index contributed by atoms with van der Waals surface area (Å²) >= 11 is 1.47. The molecule has 0 aliphatic heterocycles. The Morgan fingerprint density at radius 3 is 1.28 bits per heavy atom. The third kappa shape index (κ3) is 9.04. The van der Waals surface area contributed by atoms with E-state index in [1.165, 1.54) is 68.8 Å². The van der Waals surface area contributed by atoms with Gasteiger partial charge in [-0.25, -0.2) is 11.1 Å². The van der Waals surface area contributed by atoms with Crippen LogP contribution in [0.3, 0.4) is 0 Å². The van der Waals surface area contributed by atoms with Crippen LogP contribution in [0.5, 0.6) is 0 Å². The first-order valence-electron chi connectivity index (χ1n) is 9.71. The van der Waals surface area contributed by atoms with Crippen LogP contribution in [0.25, 0.3) is 0 Å². The molecular formula is C26H36Cl2Zr. The third-order valence-corrected chi connectivity index (χ3v) is 6.58. The minimum atomic E-state index is 0. The molecule has 0 spiro atoms. The van der Waals surface area contributed by atoms with Gasteiger partial charge in [-0.3, -0.25) is 12.2 Å². The summed E-state index contributed by atoms with van der Waals surface area (Å²) in [6.07, 6.45) is 6.72. The molecule has 0 aromatic heterocycles. The van der Waals surface area contributed by atoms with Crippen LogP contribution in [0.1, 0.15) is 66.5 Å². The maximum Gasteiger partial charge on any atom is -0.147 e. The molecule has 2 unspecified atom stereocenters. The Morgan fingerprint density at radius 2 is 1.10 bits per heavy atom. The molecule has 29 heavy (non-hydrogen) atoms. The van der Waals surface area contributed by atoms with Crippen molar-refractivity contribution in [1.29, 1.82) is 0 Å². The minimum absolute atomic E-state index is 0. The van der Waals surface area contributed by atoms with E-state index >= 15 is 0 Å². The molecule has 1 aromatic rings. The predicted molar refractivity (Wildman–Crippen MR) is 131 cm³/mol. The molecular weight excluding hydrogens is 474 g/mol. The molecule has 3 heteroatoms. The van der Waals surface area contributed by atoms with Crippen LogP contribution in [-0.2, 0) is 24.2 Å². The molecule has 3 rings (SSSR count). The molecule has 158 valence electrons. The Morgan fingerprint density at radius 1 is 0.724 bits per heavy atom. The first kappa shape index (κ1) is 30.7. The van der Waals surface area contributed by atoms with Crippen LogP contribution >= 0.6 is 24.8 Å². The number of aryl methyl sites for hydroxylation is 1. The summed E-state index contributed by atoms with van der Waals surface area (Å²) in [6.45, 7) is 19.5. The zero-order chi connectivity index (χ0) is 20.7. The van der Waals surface area contributed by atoms with Gasteiger partial charge in [-0.1, -0.05) is 53.4 Å². The molecule has 0 N–H and O–H groups in total. The summed E-state index contributed by atoms with van der Waals surface area (Å²) in [5.74, 6) is 1.12. The standard InChI is InChI=1S/2C9H13.C8H8.2ClH.Zr/c2*1-6-5-7(2)9(4)8(6)3;1-7-5-3-4-6-8(7)2;;;/h2*6H,1-4H3;1,3-6H,2H3;2*1H;/q2*-1;;;;+2. The van der Waals surface area contributed by atoms with E-state index in [1.54, 1.807) is 0 Å². The van der Waals surface area contributed by atoms with Crippen molar-refractivity contribution < 1.29 is 24.2 Å². The SMILES string of the molecule is CC1=[C-]C(C)C(C)=C1C.CC1=[C-]C(C)C(C)=C1C.Cc1ccccc1[CH]=[Zr+2].Cl.Cl. The quantitative estimate of drug-likeness (QED) is 0.336. The zero-order valence-electron chi connectivity index (χ0n) is 19.4. The fourth-order valence-corrected chi connectivity index (χ4v) is 3.87. The van der Waals surface area contributed by atoms with Crippen LogP contribution in [0.2, 0.25) is 0 Å². The van der Waals surface area contributed by atoms with Crippen molar-refractivity contribution in [1.82, 2.24) is 0 Å². The van der Waals surface area contributed by atoms with Gasteiger partial charge in [0.2, 0.25) is 0 Å². The average molecular weight is 511 g/mol. The molecule has 2 atom stereocenters. The number of hydrogen-bond donors (Lipinski definition) is 0. The van der Waals surface area contributed by atoms with Crippen LogP contribution in [0.15, 0.2) is 57.7 Å². The Kier molecular flexibility index (Phi) is 15.4. The normalized spacial score (nSPS) is 19.7. The third-order valence-electron chi connectivity index (χ3n) is 5.82. The van der Waals surface area contributed by atoms with Gasteiger partial charge in [0.1, 0.15) is 0 Å². The van der Waals surface area contributed by atoms with Crippen LogP contribution in [0.4, 0.5) is 0 Å². The van der Waals surface area contributed by atoms with Crippen molar-refractivity contribution in [2.75, 3.05) is 0 Å². The second-order valence-electron chi connectivity index (χ2n) is 7.60. The van der Waals surface area contributed by atoms with Crippen molar-refractivity contribution in [3.05, 3.63) is 81.0 Å². The molecule has 0 saturated carbocycles. The van der Waals surface area contributed by atoms with Gasteiger partial charge in [-0.2, -0.15) is 22.3 Å². The van der Waals surface area contributed by atoms with Gasteiger partial charge in [-0.05, 0) is 0 Å². The smallest absolute Gasteiger partial charge is 0.147 e. The summed E-state index contributed by atoms with van der Waals surface area (Å²) in [7, 11) is 0. The van der Waals surface area contributed by atoms with E-state index in [0.717, 1.165) is 0 Å². The van der Waals surface area contributed by atoms with Crippen molar-refractivity contribution >= 4 is 28.5 Å². The Bertz CT molecular complexity index is 766. The molecule has 0 heterocycles. The van der Waals surface area contributed by atoms with Gasteiger partial charge in [0.05, 0.1) is 0 Å². The van der Waals surface area contributed by atoms with Gasteiger partial charge in [-0.15, -0.1) is 38.7 Å². The fourth-order valence-electron chi connectivity index (χ4n) is 3.07. The zero-order valence-corrected chi connectivity index (χ0v) is 23.4. The number of hydrogen-bond acceptors (Lipinski definition) is 0. The molecule has 1 aromatic carbocycles. The van der Waals surface area contributed by atoms with E-state index in [9.17, 15) is 0 Å². The van der Waals surface area contributed by atoms with Crippen molar-refractivity contribution in [3.8, 4) is 0 Å². The second-order valence-corrected chi connectivity index (χ2v) is 8.31. The van der Waals surface area contributed by atoms with E-state index in [1.807, 2.05) is 0 Å². The maximum atomic E-state index is 3.36. The number of benzene rings is 1. The summed E-state index contributed by atoms with van der Waals surface area (Å²) in [5.41, 5.74) is 11.2. The van der Waals surface area contributed by atoms with Gasteiger partial charge >= 0.3 is 70.3 Å². The first-order chi connectivity index (χ1) is 12.6. The summed E-state index contributed by atoms with van der Waals surface area (Å²) in [6, 6.07) is 8.42. The predicted octanol–water partition coefficient (Wildman–Crippen LogP) is 7.98. The molecule has 0 nitrogen and oxygen atoms in total. The molecule has 0 fully saturated rings. The second kappa shape index (κ2) is 14.5. The number of allylic oxidation sites excluding steroid dienone is 8. The Hall–Kier alpha value is -0.487. The molecule has 0 bridgehead atoms. The summed E-state index contributed by atoms with van der Waals surface area (Å²) in [5, 5.41) is 0.